The molecule has 2 aliphatic carbocycles. The third-order valence-electron chi connectivity index (χ3n) is 5.20. The number of benzene rings is 2. The minimum absolute atomic E-state index is 0.958. The zero-order chi connectivity index (χ0) is 15.5. The molecule has 4 rings (SSSR count). The topological polar surface area (TPSA) is 9.23 Å². The van der Waals surface area contributed by atoms with E-state index in [1.54, 1.807) is 0 Å². The molecule has 2 unspecified atom stereocenters. The van der Waals surface area contributed by atoms with E-state index in [1.165, 1.54) is 48.9 Å². The Balaban J connectivity index is 1.43. The van der Waals surface area contributed by atoms with Crippen LogP contribution in [0.1, 0.15) is 36.8 Å². The van der Waals surface area contributed by atoms with Gasteiger partial charge >= 0.3 is 0 Å². The highest BCUT2D eigenvalue weighted by Gasteiger charge is 2.40. The van der Waals surface area contributed by atoms with Gasteiger partial charge in [-0.15, -0.1) is 0 Å². The minimum Gasteiger partial charge on any atom is -0.459 e. The van der Waals surface area contributed by atoms with E-state index in [-0.39, 0.29) is 0 Å². The predicted molar refractivity (Wildman–Crippen MR) is 102 cm³/mol. The summed E-state index contributed by atoms with van der Waals surface area (Å²) in [5, 5.41) is 0. The molecule has 0 heterocycles. The fourth-order valence-corrected chi connectivity index (χ4v) is 11.9. The van der Waals surface area contributed by atoms with Crippen molar-refractivity contribution in [1.29, 1.82) is 0 Å². The van der Waals surface area contributed by atoms with E-state index in [1.807, 2.05) is 0 Å². The maximum atomic E-state index is 6.98. The van der Waals surface area contributed by atoms with E-state index in [2.05, 4.69) is 60.7 Å². The van der Waals surface area contributed by atoms with Gasteiger partial charge in [-0.2, -0.15) is 0 Å². The SMILES string of the molecule is c1ccc(C[SiH](O[SiH](Cc2ccccc2)C2CC2)C2CC2)cc1. The van der Waals surface area contributed by atoms with Gasteiger partial charge in [0.15, 0.2) is 18.1 Å². The number of rotatable bonds is 8. The van der Waals surface area contributed by atoms with Crippen molar-refractivity contribution < 1.29 is 4.12 Å². The van der Waals surface area contributed by atoms with E-state index in [9.17, 15) is 0 Å². The molecule has 0 amide bonds. The first kappa shape index (κ1) is 15.4. The highest BCUT2D eigenvalue weighted by atomic mass is 28.4. The third kappa shape index (κ3) is 4.43. The van der Waals surface area contributed by atoms with Crippen molar-refractivity contribution in [2.24, 2.45) is 0 Å². The van der Waals surface area contributed by atoms with Crippen molar-refractivity contribution in [2.45, 2.75) is 48.9 Å². The molecule has 0 aromatic heterocycles. The van der Waals surface area contributed by atoms with Crippen LogP contribution < -0.4 is 0 Å². The summed E-state index contributed by atoms with van der Waals surface area (Å²) < 4.78 is 6.98. The summed E-state index contributed by atoms with van der Waals surface area (Å²) in [6.07, 6.45) is 5.73. The summed E-state index contributed by atoms with van der Waals surface area (Å²) in [7, 11) is -2.15. The van der Waals surface area contributed by atoms with Gasteiger partial charge in [0.1, 0.15) is 0 Å². The molecule has 0 aliphatic heterocycles. The van der Waals surface area contributed by atoms with Gasteiger partial charge < -0.3 is 4.12 Å². The largest absolute Gasteiger partial charge is 0.459 e. The van der Waals surface area contributed by atoms with Crippen LogP contribution in [0.25, 0.3) is 0 Å². The van der Waals surface area contributed by atoms with Crippen molar-refractivity contribution in [2.75, 3.05) is 0 Å². The highest BCUT2D eigenvalue weighted by molar-refractivity contribution is 6.68. The molecular formula is C20H26OSi2. The summed E-state index contributed by atoms with van der Waals surface area (Å²) >= 11 is 0. The molecule has 3 heteroatoms. The van der Waals surface area contributed by atoms with Crippen molar-refractivity contribution >= 4 is 18.1 Å². The van der Waals surface area contributed by atoms with Gasteiger partial charge in [0.05, 0.1) is 0 Å². The standard InChI is InChI=1S/C20H26OSi2/c1-3-7-17(8-4-1)15-22(19-11-12-19)21-23(20-13-14-20)16-18-9-5-2-6-10-18/h1-10,19-20,22-23H,11-16H2. The van der Waals surface area contributed by atoms with Gasteiger partial charge in [-0.3, -0.25) is 0 Å². The van der Waals surface area contributed by atoms with Crippen molar-refractivity contribution in [3.05, 3.63) is 71.8 Å². The third-order valence-corrected chi connectivity index (χ3v) is 13.2. The number of hydrogen-bond acceptors (Lipinski definition) is 1. The van der Waals surface area contributed by atoms with Crippen LogP contribution in [0.3, 0.4) is 0 Å². The minimum atomic E-state index is -1.08. The molecule has 2 aliphatic rings. The summed E-state index contributed by atoms with van der Waals surface area (Å²) in [4.78, 5) is 0. The van der Waals surface area contributed by atoms with Crippen LogP contribution >= 0.6 is 0 Å². The lowest BCUT2D eigenvalue weighted by atomic mass is 10.2. The first-order valence-electron chi connectivity index (χ1n) is 9.12. The molecule has 0 radical (unpaired) electrons. The summed E-state index contributed by atoms with van der Waals surface area (Å²) in [5.74, 6) is 0. The molecule has 2 atom stereocenters. The summed E-state index contributed by atoms with van der Waals surface area (Å²) in [6, 6.07) is 24.6. The first-order chi connectivity index (χ1) is 11.4. The Morgan fingerprint density at radius 1 is 0.652 bits per heavy atom. The predicted octanol–water partition coefficient (Wildman–Crippen LogP) is 4.34. The molecule has 0 N–H and O–H groups in total. The second kappa shape index (κ2) is 7.16. The number of hydrogen-bond donors (Lipinski definition) is 0. The van der Waals surface area contributed by atoms with Gasteiger partial charge in [-0.1, -0.05) is 86.3 Å². The molecule has 2 saturated carbocycles. The van der Waals surface area contributed by atoms with Crippen molar-refractivity contribution in [3.63, 3.8) is 0 Å². The van der Waals surface area contributed by atoms with Gasteiger partial charge in [0, 0.05) is 0 Å². The van der Waals surface area contributed by atoms with Gasteiger partial charge in [0.2, 0.25) is 0 Å². The van der Waals surface area contributed by atoms with Crippen LogP contribution in [0.4, 0.5) is 0 Å². The molecular weight excluding hydrogens is 312 g/mol. The Kier molecular flexibility index (Phi) is 4.78. The monoisotopic (exact) mass is 338 g/mol. The molecule has 0 bridgehead atoms. The molecule has 2 aromatic rings. The van der Waals surface area contributed by atoms with Gasteiger partial charge in [0.25, 0.3) is 0 Å². The zero-order valence-corrected chi connectivity index (χ0v) is 16.0. The average Bonchev–Trinajstić information content (AvgIpc) is 3.49. The molecule has 2 fully saturated rings. The van der Waals surface area contributed by atoms with Crippen LogP contribution in [0.2, 0.25) is 11.1 Å². The molecule has 2 aromatic carbocycles. The molecule has 1 nitrogen and oxygen atoms in total. The fourth-order valence-electron chi connectivity index (χ4n) is 3.51. The van der Waals surface area contributed by atoms with Gasteiger partial charge in [-0.05, 0) is 34.3 Å². The van der Waals surface area contributed by atoms with E-state index < -0.39 is 18.1 Å². The molecule has 0 spiro atoms. The lowest BCUT2D eigenvalue weighted by molar-refractivity contribution is 0.565. The van der Waals surface area contributed by atoms with Crippen LogP contribution in [0, 0.1) is 0 Å². The normalized spacial score (nSPS) is 20.2. The van der Waals surface area contributed by atoms with Crippen LogP contribution in [-0.2, 0) is 16.2 Å². The highest BCUT2D eigenvalue weighted by Crippen LogP contribution is 2.45. The second-order valence-electron chi connectivity index (χ2n) is 7.27. The smallest absolute Gasteiger partial charge is 0.170 e. The van der Waals surface area contributed by atoms with E-state index in [4.69, 9.17) is 4.12 Å². The van der Waals surface area contributed by atoms with E-state index in [0.717, 1.165) is 11.1 Å². The summed E-state index contributed by atoms with van der Waals surface area (Å²) in [6.45, 7) is 0. The fraction of sp³-hybridized carbons (Fsp3) is 0.400. The Morgan fingerprint density at radius 2 is 1.04 bits per heavy atom. The zero-order valence-electron chi connectivity index (χ0n) is 13.7. The average molecular weight is 339 g/mol. The maximum Gasteiger partial charge on any atom is 0.170 e. The summed E-state index contributed by atoms with van der Waals surface area (Å²) in [5.41, 5.74) is 4.91. The maximum absolute atomic E-state index is 6.98. The molecule has 23 heavy (non-hydrogen) atoms. The van der Waals surface area contributed by atoms with Gasteiger partial charge in [-0.25, -0.2) is 0 Å². The van der Waals surface area contributed by atoms with E-state index in [0.29, 0.717) is 0 Å². The van der Waals surface area contributed by atoms with Crippen molar-refractivity contribution in [1.82, 2.24) is 0 Å². The Morgan fingerprint density at radius 3 is 1.39 bits per heavy atom. The Bertz CT molecular complexity index is 553. The molecule has 0 saturated heterocycles. The van der Waals surface area contributed by atoms with Crippen LogP contribution in [0.15, 0.2) is 60.7 Å². The van der Waals surface area contributed by atoms with Crippen molar-refractivity contribution in [3.8, 4) is 0 Å². The van der Waals surface area contributed by atoms with Crippen LogP contribution in [0.5, 0.6) is 0 Å². The first-order valence-corrected chi connectivity index (χ1v) is 13.0. The lowest BCUT2D eigenvalue weighted by Gasteiger charge is -2.24. The molecule has 120 valence electrons. The lowest BCUT2D eigenvalue weighted by Crippen LogP contribution is -2.34. The van der Waals surface area contributed by atoms with Crippen LogP contribution in [-0.4, -0.2) is 18.1 Å². The Labute approximate surface area is 143 Å². The Hall–Kier alpha value is -1.17. The second-order valence-corrected chi connectivity index (χ2v) is 13.2. The quantitative estimate of drug-likeness (QED) is 0.651. The van der Waals surface area contributed by atoms with E-state index >= 15 is 0 Å².